The Morgan fingerprint density at radius 1 is 1.29 bits per heavy atom. The number of benzene rings is 1. The van der Waals surface area contributed by atoms with Crippen LogP contribution in [0.1, 0.15) is 25.3 Å². The predicted molar refractivity (Wildman–Crippen MR) is 62.4 cm³/mol. The Balaban J connectivity index is 2.60. The van der Waals surface area contributed by atoms with Gasteiger partial charge < -0.3 is 0 Å². The first kappa shape index (κ1) is 11.1. The third kappa shape index (κ3) is 3.43. The van der Waals surface area contributed by atoms with Gasteiger partial charge in [-0.15, -0.1) is 0 Å². The van der Waals surface area contributed by atoms with E-state index in [0.717, 1.165) is 11.3 Å². The number of hydrogen-bond acceptors (Lipinski definition) is 2. The van der Waals surface area contributed by atoms with Gasteiger partial charge in [0.1, 0.15) is 0 Å². The van der Waals surface area contributed by atoms with E-state index in [1.165, 1.54) is 0 Å². The molecule has 0 aliphatic carbocycles. The summed E-state index contributed by atoms with van der Waals surface area (Å²) in [6.45, 7) is 4.31. The average molecular weight is 205 g/mol. The lowest BCUT2D eigenvalue weighted by Gasteiger charge is -2.10. The smallest absolute Gasteiger partial charge is 0.0803 e. The topological polar surface area (TPSA) is 23.8 Å². The molecule has 1 aromatic carbocycles. The molecular weight excluding hydrogens is 190 g/mol. The van der Waals surface area contributed by atoms with Crippen LogP contribution in [0.4, 0.5) is 0 Å². The number of nitrogens with zero attached hydrogens (tertiary/aromatic N) is 1. The van der Waals surface area contributed by atoms with Crippen molar-refractivity contribution in [1.29, 1.82) is 5.26 Å². The van der Waals surface area contributed by atoms with Crippen LogP contribution in [0.3, 0.4) is 0 Å². The van der Waals surface area contributed by atoms with Crippen molar-refractivity contribution in [2.24, 2.45) is 0 Å². The normalized spacial score (nSPS) is 12.4. The van der Waals surface area contributed by atoms with Gasteiger partial charge in [-0.2, -0.15) is 17.0 Å². The van der Waals surface area contributed by atoms with E-state index in [1.807, 2.05) is 42.1 Å². The van der Waals surface area contributed by atoms with Gasteiger partial charge in [0.25, 0.3) is 0 Å². The van der Waals surface area contributed by atoms with Crippen LogP contribution in [0, 0.1) is 11.3 Å². The molecule has 1 unspecified atom stereocenters. The van der Waals surface area contributed by atoms with Gasteiger partial charge in [0.15, 0.2) is 0 Å². The number of nitriles is 1. The molecule has 2 heteroatoms. The first-order valence-electron chi connectivity index (χ1n) is 4.80. The second kappa shape index (κ2) is 5.72. The highest BCUT2D eigenvalue weighted by Crippen LogP contribution is 2.22. The molecule has 14 heavy (non-hydrogen) atoms. The summed E-state index contributed by atoms with van der Waals surface area (Å²) in [4.78, 5) is 0. The van der Waals surface area contributed by atoms with Crippen LogP contribution in [0.2, 0.25) is 0 Å². The molecular formula is C12H15NS. The summed E-state index contributed by atoms with van der Waals surface area (Å²) in [6.07, 6.45) is 0. The SMILES string of the molecule is CC(C)SCC(C#N)c1ccccc1. The Morgan fingerprint density at radius 2 is 1.93 bits per heavy atom. The van der Waals surface area contributed by atoms with Crippen LogP contribution in [0.15, 0.2) is 30.3 Å². The zero-order valence-electron chi connectivity index (χ0n) is 8.60. The Bertz CT molecular complexity index is 300. The molecule has 0 bridgehead atoms. The zero-order valence-corrected chi connectivity index (χ0v) is 9.42. The molecule has 0 radical (unpaired) electrons. The first-order chi connectivity index (χ1) is 6.74. The number of rotatable bonds is 4. The summed E-state index contributed by atoms with van der Waals surface area (Å²) >= 11 is 1.84. The lowest BCUT2D eigenvalue weighted by Crippen LogP contribution is -2.01. The van der Waals surface area contributed by atoms with Crippen molar-refractivity contribution in [2.75, 3.05) is 5.75 Å². The van der Waals surface area contributed by atoms with Gasteiger partial charge in [0, 0.05) is 5.75 Å². The summed E-state index contributed by atoms with van der Waals surface area (Å²) < 4.78 is 0. The molecule has 1 aromatic rings. The maximum Gasteiger partial charge on any atom is 0.0803 e. The van der Waals surface area contributed by atoms with Crippen LogP contribution < -0.4 is 0 Å². The van der Waals surface area contributed by atoms with Gasteiger partial charge in [-0.05, 0) is 10.8 Å². The highest BCUT2D eigenvalue weighted by Gasteiger charge is 2.10. The van der Waals surface area contributed by atoms with E-state index in [4.69, 9.17) is 5.26 Å². The van der Waals surface area contributed by atoms with Crippen molar-refractivity contribution < 1.29 is 0 Å². The third-order valence-electron chi connectivity index (χ3n) is 1.95. The quantitative estimate of drug-likeness (QED) is 0.752. The van der Waals surface area contributed by atoms with Crippen molar-refractivity contribution >= 4 is 11.8 Å². The third-order valence-corrected chi connectivity index (χ3v) is 3.15. The van der Waals surface area contributed by atoms with Crippen molar-refractivity contribution in [3.05, 3.63) is 35.9 Å². The summed E-state index contributed by atoms with van der Waals surface area (Å²) in [5.41, 5.74) is 1.13. The fraction of sp³-hybridized carbons (Fsp3) is 0.417. The molecule has 74 valence electrons. The van der Waals surface area contributed by atoms with Crippen molar-refractivity contribution in [3.63, 3.8) is 0 Å². The molecule has 0 amide bonds. The standard InChI is InChI=1S/C12H15NS/c1-10(2)14-9-12(8-13)11-6-4-3-5-7-11/h3-7,10,12H,9H2,1-2H3. The largest absolute Gasteiger partial charge is 0.198 e. The first-order valence-corrected chi connectivity index (χ1v) is 5.85. The molecule has 1 rings (SSSR count). The van der Waals surface area contributed by atoms with E-state index in [0.29, 0.717) is 5.25 Å². The van der Waals surface area contributed by atoms with Crippen LogP contribution in [0.25, 0.3) is 0 Å². The monoisotopic (exact) mass is 205 g/mol. The maximum absolute atomic E-state index is 9.03. The lowest BCUT2D eigenvalue weighted by atomic mass is 10.0. The Kier molecular flexibility index (Phi) is 4.55. The molecule has 1 nitrogen and oxygen atoms in total. The molecule has 0 aliphatic heterocycles. The Hall–Kier alpha value is -0.940. The molecule has 0 N–H and O–H groups in total. The van der Waals surface area contributed by atoms with Gasteiger partial charge in [0.2, 0.25) is 0 Å². The summed E-state index contributed by atoms with van der Waals surface area (Å²) in [6, 6.07) is 12.3. The fourth-order valence-corrected chi connectivity index (χ4v) is 2.03. The predicted octanol–water partition coefficient (Wildman–Crippen LogP) is 3.44. The second-order valence-electron chi connectivity index (χ2n) is 3.47. The summed E-state index contributed by atoms with van der Waals surface area (Å²) in [7, 11) is 0. The van der Waals surface area contributed by atoms with Crippen molar-refractivity contribution in [3.8, 4) is 6.07 Å². The number of hydrogen-bond donors (Lipinski definition) is 0. The van der Waals surface area contributed by atoms with Crippen LogP contribution in [-0.4, -0.2) is 11.0 Å². The van der Waals surface area contributed by atoms with Gasteiger partial charge in [-0.3, -0.25) is 0 Å². The zero-order chi connectivity index (χ0) is 10.4. The van der Waals surface area contributed by atoms with Gasteiger partial charge in [-0.25, -0.2) is 0 Å². The fourth-order valence-electron chi connectivity index (χ4n) is 1.18. The van der Waals surface area contributed by atoms with Crippen LogP contribution in [0.5, 0.6) is 0 Å². The molecule has 0 saturated heterocycles. The van der Waals surface area contributed by atoms with Crippen LogP contribution in [-0.2, 0) is 0 Å². The Morgan fingerprint density at radius 3 is 2.43 bits per heavy atom. The van der Waals surface area contributed by atoms with Crippen LogP contribution >= 0.6 is 11.8 Å². The Labute approximate surface area is 90.1 Å². The molecule has 0 spiro atoms. The highest BCUT2D eigenvalue weighted by atomic mass is 32.2. The second-order valence-corrected chi connectivity index (χ2v) is 5.08. The van der Waals surface area contributed by atoms with E-state index in [2.05, 4.69) is 19.9 Å². The van der Waals surface area contributed by atoms with E-state index in [1.54, 1.807) is 0 Å². The molecule has 0 fully saturated rings. The molecule has 0 aromatic heterocycles. The van der Waals surface area contributed by atoms with Gasteiger partial charge in [-0.1, -0.05) is 44.2 Å². The van der Waals surface area contributed by atoms with E-state index >= 15 is 0 Å². The van der Waals surface area contributed by atoms with Crippen molar-refractivity contribution in [1.82, 2.24) is 0 Å². The summed E-state index contributed by atoms with van der Waals surface area (Å²) in [5, 5.41) is 9.62. The molecule has 0 saturated carbocycles. The van der Waals surface area contributed by atoms with Gasteiger partial charge >= 0.3 is 0 Å². The lowest BCUT2D eigenvalue weighted by molar-refractivity contribution is 0.985. The minimum atomic E-state index is 0.0311. The molecule has 0 heterocycles. The van der Waals surface area contributed by atoms with E-state index < -0.39 is 0 Å². The minimum Gasteiger partial charge on any atom is -0.198 e. The average Bonchev–Trinajstić information content (AvgIpc) is 2.20. The van der Waals surface area contributed by atoms with Crippen molar-refractivity contribution in [2.45, 2.75) is 25.0 Å². The maximum atomic E-state index is 9.03. The highest BCUT2D eigenvalue weighted by molar-refractivity contribution is 7.99. The summed E-state index contributed by atoms with van der Waals surface area (Å²) in [5.74, 6) is 0.918. The van der Waals surface area contributed by atoms with E-state index in [-0.39, 0.29) is 5.92 Å². The van der Waals surface area contributed by atoms with Gasteiger partial charge in [0.05, 0.1) is 12.0 Å². The molecule has 0 aliphatic rings. The van der Waals surface area contributed by atoms with E-state index in [9.17, 15) is 0 Å². The molecule has 1 atom stereocenters. The number of thioether (sulfide) groups is 1. The minimum absolute atomic E-state index is 0.0311.